The van der Waals surface area contributed by atoms with E-state index in [0.717, 1.165) is 0 Å². The van der Waals surface area contributed by atoms with Gasteiger partial charge in [0.2, 0.25) is 0 Å². The first-order valence-corrected chi connectivity index (χ1v) is 30.7. The first kappa shape index (κ1) is 106. The standard InChI is InChI=1S/3C20H26N4O8S.4Eu/c3*21-5-6-23(10-17(25)26,11-18(27)28)7-8-24(12-19(29)30,13-20(31)32)9-15-1-3-16(4-2-15)22-14-33;;;;/h3*1-4H,5-13,21H2,(H2-2,25,26,27,28,29,30,31,32);;;;/q;;;4*+3/p-6. The molecule has 0 aliphatic rings. The molecule has 0 heterocycles. The van der Waals surface area contributed by atoms with Gasteiger partial charge in [0.1, 0.15) is 137 Å². The Balaban J connectivity index is -0.000000700. The molecule has 3 rings (SSSR count). The molecular formula is C60H72Eu4N12O24S3+6. The van der Waals surface area contributed by atoms with E-state index < -0.39 is 177 Å². The van der Waals surface area contributed by atoms with E-state index in [1.54, 1.807) is 72.8 Å². The summed E-state index contributed by atoms with van der Waals surface area (Å²) >= 11 is 13.6. The van der Waals surface area contributed by atoms with E-state index in [2.05, 4.69) is 67.1 Å². The monoisotopic (exact) mass is 2050 g/mol. The van der Waals surface area contributed by atoms with Gasteiger partial charge in [0.15, 0.2) is 0 Å². The summed E-state index contributed by atoms with van der Waals surface area (Å²) in [5.41, 5.74) is 19.7. The summed E-state index contributed by atoms with van der Waals surface area (Å²) in [6, 6.07) is 19.0. The molecular weight excluding hydrogens is 1980 g/mol. The van der Waals surface area contributed by atoms with Crippen molar-refractivity contribution in [3.63, 3.8) is 0 Å². The number of quaternary nitrogens is 6. The van der Waals surface area contributed by atoms with Crippen LogP contribution in [0.15, 0.2) is 87.8 Å². The van der Waals surface area contributed by atoms with E-state index in [1.165, 1.54) is 0 Å². The van der Waals surface area contributed by atoms with Gasteiger partial charge >= 0.3 is 198 Å². The fourth-order valence-corrected chi connectivity index (χ4v) is 11.7. The average Bonchev–Trinajstić information content (AvgIpc) is 0.822. The second-order valence-corrected chi connectivity index (χ2v) is 23.9. The maximum atomic E-state index is 11.5. The van der Waals surface area contributed by atoms with Crippen LogP contribution < -0.4 is 78.5 Å². The van der Waals surface area contributed by atoms with Crippen LogP contribution in [0.25, 0.3) is 0 Å². The number of carbonyl (C=O) groups is 12. The molecule has 0 saturated carbocycles. The van der Waals surface area contributed by atoms with Crippen LogP contribution in [0.4, 0.5) is 17.1 Å². The number of aliphatic carboxylic acids is 12. The third-order valence-corrected chi connectivity index (χ3v) is 15.7. The van der Waals surface area contributed by atoms with Gasteiger partial charge in [-0.2, -0.15) is 15.0 Å². The second-order valence-electron chi connectivity index (χ2n) is 23.4. The van der Waals surface area contributed by atoms with Crippen molar-refractivity contribution in [2.75, 3.05) is 157 Å². The summed E-state index contributed by atoms with van der Waals surface area (Å²) in [5.74, 6) is -18.5. The van der Waals surface area contributed by atoms with Gasteiger partial charge in [0.05, 0.1) is 124 Å². The summed E-state index contributed by atoms with van der Waals surface area (Å²) in [6.07, 6.45) is 0. The molecule has 0 radical (unpaired) electrons. The van der Waals surface area contributed by atoms with Crippen molar-refractivity contribution >= 4 is 141 Å². The predicted octanol–water partition coefficient (Wildman–Crippen LogP) is -16.5. The molecule has 556 valence electrons. The summed E-state index contributed by atoms with van der Waals surface area (Å²) in [6.45, 7) is -11.1. The van der Waals surface area contributed by atoms with Crippen molar-refractivity contribution < 1.29 is 343 Å². The van der Waals surface area contributed by atoms with Crippen molar-refractivity contribution in [1.82, 2.24) is 0 Å². The third-order valence-electron chi connectivity index (χ3n) is 15.4. The van der Waals surface area contributed by atoms with Crippen molar-refractivity contribution in [1.29, 1.82) is 0 Å². The van der Waals surface area contributed by atoms with Gasteiger partial charge in [-0.25, -0.2) is 0 Å². The number of hydrogen-bond acceptors (Lipinski definition) is 33. The van der Waals surface area contributed by atoms with Crippen LogP contribution in [0.3, 0.4) is 0 Å². The number of carboxylic acids is 12. The van der Waals surface area contributed by atoms with Crippen LogP contribution in [0.5, 0.6) is 0 Å². The Morgan fingerprint density at radius 2 is 0.398 bits per heavy atom. The molecule has 0 aromatic heterocycles. The Labute approximate surface area is 770 Å². The Kier molecular flexibility index (Phi) is 55.9. The number of isothiocyanates is 3. The molecule has 36 nitrogen and oxygen atoms in total. The van der Waals surface area contributed by atoms with Crippen LogP contribution in [0, 0.1) is 198 Å². The van der Waals surface area contributed by atoms with E-state index in [0.29, 0.717) is 33.8 Å². The minimum absolute atomic E-state index is 0. The number of nitrogens with zero attached hydrogens (tertiary/aromatic N) is 9. The largest absolute Gasteiger partial charge is 3.00 e. The SMILES string of the molecule is NCC[N+](CC[N+](CC(=O)[O-])(CC(=O)[O-])Cc1ccc(N=C=S)cc1)(CC(=O)[O-])CC(=O)[O-].NCC[N+](CC[N+](CC(=O)[O-])(CC(=O)[O-])Cc1ccc(N=C=S)cc1)(CC(=O)[O-])CC(=O)[O-].NCC[N+](CC[N+](CC(=O)[O-])(CC(=O)[O-])Cc1ccc(N=C=S)cc1)(CC(=O)[O-])CC(=O)[O-].[Eu+3].[Eu+3].[Eu+3].[Eu+3]. The summed E-state index contributed by atoms with van der Waals surface area (Å²) < 4.78 is -3.68. The molecule has 0 bridgehead atoms. The molecule has 6 N–H and O–H groups in total. The van der Waals surface area contributed by atoms with Crippen molar-refractivity contribution in [2.24, 2.45) is 32.2 Å². The maximum Gasteiger partial charge on any atom is 3.00 e. The quantitative estimate of drug-likeness (QED) is 0.0268. The number of carbonyl (C=O) groups excluding carboxylic acids is 12. The Bertz CT molecular complexity index is 3030. The molecule has 0 aliphatic heterocycles. The fraction of sp³-hybridized carbons (Fsp3) is 0.450. The molecule has 0 unspecified atom stereocenters. The van der Waals surface area contributed by atoms with Crippen molar-refractivity contribution in [3.05, 3.63) is 89.5 Å². The van der Waals surface area contributed by atoms with Gasteiger partial charge in [-0.1, -0.05) is 36.4 Å². The summed E-state index contributed by atoms with van der Waals surface area (Å²) in [4.78, 5) is 148. The molecule has 3 aromatic rings. The van der Waals surface area contributed by atoms with Crippen molar-refractivity contribution in [3.8, 4) is 0 Å². The molecule has 0 fully saturated rings. The minimum atomic E-state index is -1.55. The Morgan fingerprint density at radius 1 is 0.262 bits per heavy atom. The number of aliphatic imine (C=N–C) groups is 3. The maximum absolute atomic E-state index is 11.5. The van der Waals surface area contributed by atoms with Crippen molar-refractivity contribution in [2.45, 2.75) is 19.6 Å². The number of hydrogen-bond donors (Lipinski definition) is 3. The molecule has 3 aromatic carbocycles. The molecule has 0 atom stereocenters. The van der Waals surface area contributed by atoms with E-state index in [9.17, 15) is 119 Å². The van der Waals surface area contributed by atoms with Crippen LogP contribution in [0.2, 0.25) is 0 Å². The molecule has 0 amide bonds. The van der Waals surface area contributed by atoms with Gasteiger partial charge in [0, 0.05) is 36.3 Å². The zero-order valence-electron chi connectivity index (χ0n) is 54.8. The number of benzene rings is 3. The van der Waals surface area contributed by atoms with Gasteiger partial charge < -0.3 is 163 Å². The van der Waals surface area contributed by atoms with Crippen LogP contribution in [0.1, 0.15) is 16.7 Å². The molecule has 0 spiro atoms. The van der Waals surface area contributed by atoms with E-state index in [4.69, 9.17) is 17.2 Å². The number of carboxylic acid groups (broad SMARTS) is 12. The average molecular weight is 2050 g/mol. The zero-order valence-corrected chi connectivity index (χ0v) is 67.0. The molecule has 0 aliphatic carbocycles. The van der Waals surface area contributed by atoms with Crippen LogP contribution in [-0.2, 0) is 77.2 Å². The van der Waals surface area contributed by atoms with Crippen LogP contribution >= 0.6 is 36.7 Å². The zero-order chi connectivity index (χ0) is 75.2. The van der Waals surface area contributed by atoms with Gasteiger partial charge in [-0.05, 0) is 73.1 Å². The predicted molar refractivity (Wildman–Crippen MR) is 326 cm³/mol. The van der Waals surface area contributed by atoms with E-state index in [1.807, 2.05) is 0 Å². The van der Waals surface area contributed by atoms with Gasteiger partial charge in [0.25, 0.3) is 0 Å². The van der Waals surface area contributed by atoms with E-state index >= 15 is 0 Å². The number of rotatable bonds is 48. The first-order valence-electron chi connectivity index (χ1n) is 29.4. The third kappa shape index (κ3) is 44.7. The number of nitrogens with two attached hydrogens (primary N) is 3. The Morgan fingerprint density at radius 3 is 0.524 bits per heavy atom. The topological polar surface area (TPSA) is 597 Å². The van der Waals surface area contributed by atoms with Crippen LogP contribution in [-0.4, -0.2) is 271 Å². The van der Waals surface area contributed by atoms with Gasteiger partial charge in [-0.3, -0.25) is 0 Å². The van der Waals surface area contributed by atoms with Gasteiger partial charge in [-0.15, -0.1) is 0 Å². The fourth-order valence-electron chi connectivity index (χ4n) is 11.4. The second kappa shape index (κ2) is 54.3. The Hall–Kier alpha value is -3.32. The summed E-state index contributed by atoms with van der Waals surface area (Å²) in [5, 5.41) is 144. The smallest absolute Gasteiger partial charge is 0.544 e. The summed E-state index contributed by atoms with van der Waals surface area (Å²) in [7, 11) is 0. The first-order chi connectivity index (χ1) is 46.3. The number of thiocarbonyl (C=S) groups is 3. The van der Waals surface area contributed by atoms with E-state index in [-0.39, 0.29) is 296 Å². The molecule has 43 heteroatoms. The molecule has 103 heavy (non-hydrogen) atoms. The molecule has 0 saturated heterocycles. The minimum Gasteiger partial charge on any atom is -0.544 e. The normalized spacial score (nSPS) is 11.0.